The molecule has 6 nitrogen and oxygen atoms in total. The molecule has 0 N–H and O–H groups in total. The average molecular weight is 290 g/mol. The van der Waals surface area contributed by atoms with Crippen LogP contribution in [0.4, 0.5) is 0 Å². The summed E-state index contributed by atoms with van der Waals surface area (Å²) in [6.45, 7) is 3.79. The Morgan fingerprint density at radius 3 is 2.80 bits per heavy atom. The fraction of sp³-hybridized carbons (Fsp3) is 0.308. The lowest BCUT2D eigenvalue weighted by atomic mass is 10.2. The van der Waals surface area contributed by atoms with Gasteiger partial charge in [0.2, 0.25) is 0 Å². The summed E-state index contributed by atoms with van der Waals surface area (Å²) in [6, 6.07) is 3.82. The van der Waals surface area contributed by atoms with E-state index in [1.165, 1.54) is 0 Å². The molecule has 20 heavy (non-hydrogen) atoms. The van der Waals surface area contributed by atoms with Gasteiger partial charge in [0.05, 0.1) is 17.5 Å². The lowest BCUT2D eigenvalue weighted by Crippen LogP contribution is -1.95. The van der Waals surface area contributed by atoms with Gasteiger partial charge in [-0.25, -0.2) is 0 Å². The van der Waals surface area contributed by atoms with Crippen LogP contribution in [-0.2, 0) is 12.8 Å². The van der Waals surface area contributed by atoms with Crippen LogP contribution in [0.25, 0.3) is 11.4 Å². The van der Waals surface area contributed by atoms with E-state index >= 15 is 0 Å². The Hall–Kier alpha value is -2.02. The Morgan fingerprint density at radius 2 is 2.15 bits per heavy atom. The van der Waals surface area contributed by atoms with Crippen molar-refractivity contribution in [2.24, 2.45) is 7.05 Å². The number of aromatic nitrogens is 4. The Bertz CT molecular complexity index is 728. The molecule has 0 aliphatic rings. The summed E-state index contributed by atoms with van der Waals surface area (Å²) in [7, 11) is 1.94. The van der Waals surface area contributed by atoms with Crippen molar-refractivity contribution in [3.63, 3.8) is 0 Å². The summed E-state index contributed by atoms with van der Waals surface area (Å²) in [5, 5.41) is 13.2. The molecule has 0 atom stereocenters. The highest BCUT2D eigenvalue weighted by atomic mass is 32.2. The Balaban J connectivity index is 1.79. The highest BCUT2D eigenvalue weighted by molar-refractivity contribution is 7.98. The Kier molecular flexibility index (Phi) is 3.35. The number of nitrogens with zero attached hydrogens (tertiary/aromatic N) is 4. The summed E-state index contributed by atoms with van der Waals surface area (Å²) in [6.07, 6.45) is 1.66. The predicted octanol–water partition coefficient (Wildman–Crippen LogP) is 2.97. The fourth-order valence-corrected chi connectivity index (χ4v) is 2.71. The van der Waals surface area contributed by atoms with Crippen molar-refractivity contribution < 1.29 is 8.94 Å². The predicted molar refractivity (Wildman–Crippen MR) is 74.2 cm³/mol. The molecule has 0 spiro atoms. The van der Waals surface area contributed by atoms with Crippen LogP contribution in [0.1, 0.15) is 17.2 Å². The van der Waals surface area contributed by atoms with E-state index in [9.17, 15) is 0 Å². The third kappa shape index (κ3) is 2.36. The molecular formula is C13H14N4O2S. The summed E-state index contributed by atoms with van der Waals surface area (Å²) in [5.74, 6) is 3.15. The van der Waals surface area contributed by atoms with Gasteiger partial charge in [-0.05, 0) is 19.9 Å². The SMILES string of the molecule is Cc1cc(CSc2nnc(-c3ccoc3C)n2C)no1. The number of thioether (sulfide) groups is 1. The maximum Gasteiger partial charge on any atom is 0.191 e. The molecule has 0 saturated heterocycles. The molecule has 0 aliphatic heterocycles. The van der Waals surface area contributed by atoms with Crippen molar-refractivity contribution >= 4 is 11.8 Å². The number of hydrogen-bond donors (Lipinski definition) is 0. The second kappa shape index (κ2) is 5.16. The highest BCUT2D eigenvalue weighted by Gasteiger charge is 2.15. The van der Waals surface area contributed by atoms with Crippen LogP contribution in [0, 0.1) is 13.8 Å². The largest absolute Gasteiger partial charge is 0.469 e. The van der Waals surface area contributed by atoms with Crippen molar-refractivity contribution in [2.75, 3.05) is 0 Å². The van der Waals surface area contributed by atoms with E-state index in [2.05, 4.69) is 15.4 Å². The fourth-order valence-electron chi connectivity index (χ4n) is 1.92. The third-order valence-corrected chi connectivity index (χ3v) is 4.01. The Labute approximate surface area is 120 Å². The van der Waals surface area contributed by atoms with Crippen molar-refractivity contribution in [2.45, 2.75) is 24.8 Å². The van der Waals surface area contributed by atoms with E-state index in [1.807, 2.05) is 37.6 Å². The van der Waals surface area contributed by atoms with Crippen LogP contribution in [0.3, 0.4) is 0 Å². The van der Waals surface area contributed by atoms with Gasteiger partial charge < -0.3 is 13.5 Å². The number of hydrogen-bond acceptors (Lipinski definition) is 6. The maximum atomic E-state index is 5.30. The van der Waals surface area contributed by atoms with Crippen molar-refractivity contribution in [1.29, 1.82) is 0 Å². The van der Waals surface area contributed by atoms with Crippen molar-refractivity contribution in [3.8, 4) is 11.4 Å². The van der Waals surface area contributed by atoms with Gasteiger partial charge in [-0.1, -0.05) is 16.9 Å². The first kappa shape index (κ1) is 13.0. The van der Waals surface area contributed by atoms with E-state index in [0.29, 0.717) is 5.75 Å². The lowest BCUT2D eigenvalue weighted by molar-refractivity contribution is 0.393. The van der Waals surface area contributed by atoms with E-state index < -0.39 is 0 Å². The second-order valence-electron chi connectivity index (χ2n) is 4.47. The van der Waals surface area contributed by atoms with Gasteiger partial charge in [-0.15, -0.1) is 10.2 Å². The molecule has 0 fully saturated rings. The number of aryl methyl sites for hydroxylation is 2. The van der Waals surface area contributed by atoms with Gasteiger partial charge in [0, 0.05) is 18.9 Å². The third-order valence-electron chi connectivity index (χ3n) is 2.96. The molecule has 0 unspecified atom stereocenters. The van der Waals surface area contributed by atoms with Gasteiger partial charge in [0.1, 0.15) is 11.5 Å². The number of furan rings is 1. The minimum Gasteiger partial charge on any atom is -0.469 e. The zero-order valence-corrected chi connectivity index (χ0v) is 12.3. The van der Waals surface area contributed by atoms with Crippen LogP contribution >= 0.6 is 11.8 Å². The maximum absolute atomic E-state index is 5.30. The number of rotatable bonds is 4. The zero-order valence-electron chi connectivity index (χ0n) is 11.5. The molecule has 0 aliphatic carbocycles. The van der Waals surface area contributed by atoms with Crippen LogP contribution in [0.15, 0.2) is 32.5 Å². The van der Waals surface area contributed by atoms with E-state index in [4.69, 9.17) is 8.94 Å². The molecule has 3 aromatic heterocycles. The molecular weight excluding hydrogens is 276 g/mol. The van der Waals surface area contributed by atoms with Crippen LogP contribution in [0.5, 0.6) is 0 Å². The Morgan fingerprint density at radius 1 is 1.30 bits per heavy atom. The molecule has 104 valence electrons. The average Bonchev–Trinajstić information content (AvgIpc) is 3.10. The molecule has 3 rings (SSSR count). The summed E-state index contributed by atoms with van der Waals surface area (Å²) >= 11 is 1.57. The van der Waals surface area contributed by atoms with Crippen LogP contribution in [-0.4, -0.2) is 19.9 Å². The van der Waals surface area contributed by atoms with Crippen LogP contribution in [0.2, 0.25) is 0 Å². The van der Waals surface area contributed by atoms with Gasteiger partial charge in [0.25, 0.3) is 0 Å². The molecule has 0 saturated carbocycles. The molecule has 0 radical (unpaired) electrons. The minimum atomic E-state index is 0.702. The second-order valence-corrected chi connectivity index (χ2v) is 5.42. The van der Waals surface area contributed by atoms with Gasteiger partial charge >= 0.3 is 0 Å². The summed E-state index contributed by atoms with van der Waals surface area (Å²) < 4.78 is 12.3. The van der Waals surface area contributed by atoms with E-state index in [1.54, 1.807) is 18.0 Å². The van der Waals surface area contributed by atoms with Crippen molar-refractivity contribution in [1.82, 2.24) is 19.9 Å². The van der Waals surface area contributed by atoms with Gasteiger partial charge in [-0.3, -0.25) is 0 Å². The molecule has 0 amide bonds. The standard InChI is InChI=1S/C13H14N4O2S/c1-8-6-10(16-19-8)7-20-13-15-14-12(17(13)3)11-4-5-18-9(11)2/h4-6H,7H2,1-3H3. The first-order valence-electron chi connectivity index (χ1n) is 6.14. The van der Waals surface area contributed by atoms with Crippen molar-refractivity contribution in [3.05, 3.63) is 35.6 Å². The topological polar surface area (TPSA) is 69.9 Å². The first-order valence-corrected chi connectivity index (χ1v) is 7.12. The normalized spacial score (nSPS) is 11.2. The van der Waals surface area contributed by atoms with Crippen LogP contribution < -0.4 is 0 Å². The highest BCUT2D eigenvalue weighted by Crippen LogP contribution is 2.27. The monoisotopic (exact) mass is 290 g/mol. The smallest absolute Gasteiger partial charge is 0.191 e. The summed E-state index contributed by atoms with van der Waals surface area (Å²) in [5.41, 5.74) is 1.86. The molecule has 3 aromatic rings. The first-order chi connectivity index (χ1) is 9.65. The van der Waals surface area contributed by atoms with Gasteiger partial charge in [0.15, 0.2) is 11.0 Å². The lowest BCUT2D eigenvalue weighted by Gasteiger charge is -2.01. The molecule has 0 aromatic carbocycles. The zero-order chi connectivity index (χ0) is 14.1. The molecule has 7 heteroatoms. The van der Waals surface area contributed by atoms with E-state index in [-0.39, 0.29) is 0 Å². The molecule has 3 heterocycles. The van der Waals surface area contributed by atoms with E-state index in [0.717, 1.165) is 33.8 Å². The van der Waals surface area contributed by atoms with Gasteiger partial charge in [-0.2, -0.15) is 0 Å². The molecule has 0 bridgehead atoms. The minimum absolute atomic E-state index is 0.702. The quantitative estimate of drug-likeness (QED) is 0.688. The summed E-state index contributed by atoms with van der Waals surface area (Å²) in [4.78, 5) is 0.